The Morgan fingerprint density at radius 2 is 1.62 bits per heavy atom. The Morgan fingerprint density at radius 1 is 1.00 bits per heavy atom. The number of ether oxygens (including phenoxy) is 1. The highest BCUT2D eigenvalue weighted by Crippen LogP contribution is 2.19. The third-order valence-corrected chi connectivity index (χ3v) is 6.31. The van der Waals surface area contributed by atoms with E-state index >= 15 is 0 Å². The molecule has 0 atom stereocenters. The molecule has 0 saturated carbocycles. The molecule has 0 radical (unpaired) electrons. The van der Waals surface area contributed by atoms with E-state index in [0.29, 0.717) is 12.4 Å². The van der Waals surface area contributed by atoms with Gasteiger partial charge in [-0.05, 0) is 36.8 Å². The number of hydrogen-bond acceptors (Lipinski definition) is 4. The number of thioether (sulfide) groups is 1. The largest absolute Gasteiger partial charge is 0.493 e. The first-order valence-corrected chi connectivity index (χ1v) is 10.3. The molecule has 2 aromatic rings. The Balaban J connectivity index is 1.76. The highest BCUT2D eigenvalue weighted by atomic mass is 32.2. The molecule has 0 saturated heterocycles. The van der Waals surface area contributed by atoms with Gasteiger partial charge in [0.25, 0.3) is 0 Å². The number of aryl methyl sites for hydroxylation is 1. The average molecular weight is 366 g/mol. The van der Waals surface area contributed by atoms with E-state index in [1.54, 1.807) is 24.3 Å². The third kappa shape index (κ3) is 5.26. The number of sulfonamides is 1. The summed E-state index contributed by atoms with van der Waals surface area (Å²) in [5, 5.41) is 0. The van der Waals surface area contributed by atoms with Gasteiger partial charge in [-0.15, -0.1) is 0 Å². The van der Waals surface area contributed by atoms with E-state index in [-0.39, 0.29) is 4.90 Å². The molecule has 0 spiro atoms. The van der Waals surface area contributed by atoms with Crippen LogP contribution in [0.4, 0.5) is 0 Å². The van der Waals surface area contributed by atoms with Crippen LogP contribution in [0, 0.1) is 6.92 Å². The lowest BCUT2D eigenvalue weighted by atomic mass is 10.2. The monoisotopic (exact) mass is 365 g/mol. The number of benzene rings is 2. The van der Waals surface area contributed by atoms with Gasteiger partial charge in [-0.2, -0.15) is 11.8 Å². The summed E-state index contributed by atoms with van der Waals surface area (Å²) in [4.78, 5) is 0.272. The molecule has 0 heterocycles. The van der Waals surface area contributed by atoms with Crippen molar-refractivity contribution < 1.29 is 13.2 Å². The summed E-state index contributed by atoms with van der Waals surface area (Å²) in [6.45, 7) is 2.68. The van der Waals surface area contributed by atoms with Gasteiger partial charge >= 0.3 is 0 Å². The fraction of sp³-hybridized carbons (Fsp3) is 0.333. The summed E-state index contributed by atoms with van der Waals surface area (Å²) in [5.41, 5.74) is 2.58. The standard InChI is InChI=1S/C18H23NO3S2/c1-15-4-6-16(7-5-15)14-23-13-12-22-17-8-10-18(11-9-17)24(20,21)19(2)3/h4-11H,12-14H2,1-3H3. The zero-order chi connectivity index (χ0) is 17.6. The maximum absolute atomic E-state index is 12.0. The molecule has 0 unspecified atom stereocenters. The van der Waals surface area contributed by atoms with Crippen molar-refractivity contribution in [2.75, 3.05) is 26.5 Å². The van der Waals surface area contributed by atoms with Gasteiger partial charge in [-0.3, -0.25) is 0 Å². The molecule has 0 bridgehead atoms. The van der Waals surface area contributed by atoms with Crippen molar-refractivity contribution >= 4 is 21.8 Å². The number of rotatable bonds is 8. The topological polar surface area (TPSA) is 46.6 Å². The van der Waals surface area contributed by atoms with Crippen LogP contribution < -0.4 is 4.74 Å². The fourth-order valence-electron chi connectivity index (χ4n) is 2.01. The molecular formula is C18H23NO3S2. The predicted molar refractivity (Wildman–Crippen MR) is 100 cm³/mol. The summed E-state index contributed by atoms with van der Waals surface area (Å²) in [6, 6.07) is 15.1. The molecule has 0 aliphatic carbocycles. The first-order valence-electron chi connectivity index (χ1n) is 7.68. The van der Waals surface area contributed by atoms with Gasteiger partial charge in [0.15, 0.2) is 0 Å². The molecule has 0 aromatic heterocycles. The van der Waals surface area contributed by atoms with Gasteiger partial charge < -0.3 is 4.74 Å². The summed E-state index contributed by atoms with van der Waals surface area (Å²) >= 11 is 1.82. The smallest absolute Gasteiger partial charge is 0.242 e. The SMILES string of the molecule is Cc1ccc(CSCCOc2ccc(S(=O)(=O)N(C)C)cc2)cc1. The van der Waals surface area contributed by atoms with E-state index < -0.39 is 10.0 Å². The second kappa shape index (κ2) is 8.55. The summed E-state index contributed by atoms with van der Waals surface area (Å²) in [6.07, 6.45) is 0. The summed E-state index contributed by atoms with van der Waals surface area (Å²) < 4.78 is 30.8. The predicted octanol–water partition coefficient (Wildman–Crippen LogP) is 3.56. The molecule has 2 rings (SSSR count). The second-order valence-corrected chi connectivity index (χ2v) is 8.90. The lowest BCUT2D eigenvalue weighted by Gasteiger charge is -2.12. The maximum atomic E-state index is 12.0. The highest BCUT2D eigenvalue weighted by Gasteiger charge is 2.16. The molecular weight excluding hydrogens is 342 g/mol. The number of nitrogens with zero attached hydrogens (tertiary/aromatic N) is 1. The first kappa shape index (κ1) is 18.8. The van der Waals surface area contributed by atoms with Crippen LogP contribution in [0.15, 0.2) is 53.4 Å². The molecule has 6 heteroatoms. The van der Waals surface area contributed by atoms with Crippen molar-refractivity contribution in [2.24, 2.45) is 0 Å². The molecule has 0 aliphatic heterocycles. The maximum Gasteiger partial charge on any atom is 0.242 e. The molecule has 24 heavy (non-hydrogen) atoms. The second-order valence-electron chi connectivity index (χ2n) is 5.65. The van der Waals surface area contributed by atoms with Crippen molar-refractivity contribution in [3.63, 3.8) is 0 Å². The van der Waals surface area contributed by atoms with Crippen LogP contribution in [0.5, 0.6) is 5.75 Å². The van der Waals surface area contributed by atoms with Crippen LogP contribution in [-0.2, 0) is 15.8 Å². The molecule has 0 fully saturated rings. The van der Waals surface area contributed by atoms with Crippen molar-refractivity contribution in [1.82, 2.24) is 4.31 Å². The lowest BCUT2D eigenvalue weighted by molar-refractivity contribution is 0.343. The zero-order valence-corrected chi connectivity index (χ0v) is 15.9. The Kier molecular flexibility index (Phi) is 6.71. The molecule has 0 aliphatic rings. The summed E-state index contributed by atoms with van der Waals surface area (Å²) in [7, 11) is -0.345. The van der Waals surface area contributed by atoms with Crippen LogP contribution in [0.3, 0.4) is 0 Å². The van der Waals surface area contributed by atoms with E-state index in [2.05, 4.69) is 31.2 Å². The molecule has 0 amide bonds. The number of hydrogen-bond donors (Lipinski definition) is 0. The molecule has 0 N–H and O–H groups in total. The van der Waals surface area contributed by atoms with Gasteiger partial charge in [0.1, 0.15) is 5.75 Å². The van der Waals surface area contributed by atoms with Gasteiger partial charge in [-0.1, -0.05) is 29.8 Å². The Morgan fingerprint density at radius 3 is 2.21 bits per heavy atom. The quantitative estimate of drug-likeness (QED) is 0.671. The molecule has 4 nitrogen and oxygen atoms in total. The minimum atomic E-state index is -3.38. The van der Waals surface area contributed by atoms with Crippen LogP contribution in [-0.4, -0.2) is 39.2 Å². The van der Waals surface area contributed by atoms with Crippen molar-refractivity contribution in [2.45, 2.75) is 17.6 Å². The van der Waals surface area contributed by atoms with Gasteiger partial charge in [0.2, 0.25) is 10.0 Å². The minimum Gasteiger partial charge on any atom is -0.493 e. The van der Waals surface area contributed by atoms with Crippen LogP contribution in [0.25, 0.3) is 0 Å². The van der Waals surface area contributed by atoms with Gasteiger partial charge in [0.05, 0.1) is 11.5 Å². The van der Waals surface area contributed by atoms with Crippen LogP contribution >= 0.6 is 11.8 Å². The van der Waals surface area contributed by atoms with Crippen LogP contribution in [0.1, 0.15) is 11.1 Å². The van der Waals surface area contributed by atoms with Crippen LogP contribution in [0.2, 0.25) is 0 Å². The van der Waals surface area contributed by atoms with E-state index in [0.717, 1.165) is 11.5 Å². The van der Waals surface area contributed by atoms with E-state index in [4.69, 9.17) is 4.74 Å². The van der Waals surface area contributed by atoms with Crippen molar-refractivity contribution in [3.8, 4) is 5.75 Å². The Labute approximate surface area is 148 Å². The molecule has 2 aromatic carbocycles. The zero-order valence-electron chi connectivity index (χ0n) is 14.2. The highest BCUT2D eigenvalue weighted by molar-refractivity contribution is 7.98. The van der Waals surface area contributed by atoms with Gasteiger partial charge in [-0.25, -0.2) is 12.7 Å². The average Bonchev–Trinajstić information content (AvgIpc) is 2.56. The van der Waals surface area contributed by atoms with E-state index in [1.165, 1.54) is 29.5 Å². The Bertz CT molecular complexity index is 739. The fourth-order valence-corrected chi connectivity index (χ4v) is 3.69. The molecule has 130 valence electrons. The lowest BCUT2D eigenvalue weighted by Crippen LogP contribution is -2.22. The Hall–Kier alpha value is -1.50. The summed E-state index contributed by atoms with van der Waals surface area (Å²) in [5.74, 6) is 2.53. The first-order chi connectivity index (χ1) is 11.4. The minimum absolute atomic E-state index is 0.272. The van der Waals surface area contributed by atoms with Crippen molar-refractivity contribution in [3.05, 3.63) is 59.7 Å². The van der Waals surface area contributed by atoms with E-state index in [1.807, 2.05) is 11.8 Å². The van der Waals surface area contributed by atoms with E-state index in [9.17, 15) is 8.42 Å². The third-order valence-electron chi connectivity index (χ3n) is 3.49. The normalized spacial score (nSPS) is 11.7. The van der Waals surface area contributed by atoms with Crippen molar-refractivity contribution in [1.29, 1.82) is 0 Å². The van der Waals surface area contributed by atoms with Gasteiger partial charge in [0, 0.05) is 25.6 Å².